The van der Waals surface area contributed by atoms with Crippen molar-refractivity contribution in [3.05, 3.63) is 83.4 Å². The first-order chi connectivity index (χ1) is 17.0. The average Bonchev–Trinajstić information content (AvgIpc) is 2.87. The van der Waals surface area contributed by atoms with E-state index >= 15 is 0 Å². The lowest BCUT2D eigenvalue weighted by molar-refractivity contribution is -0.129. The molecule has 1 atom stereocenters. The Balaban J connectivity index is 1.61. The van der Waals surface area contributed by atoms with Gasteiger partial charge >= 0.3 is 0 Å². The summed E-state index contributed by atoms with van der Waals surface area (Å²) in [4.78, 5) is 32.5. The highest BCUT2D eigenvalue weighted by Crippen LogP contribution is 2.33. The van der Waals surface area contributed by atoms with Crippen LogP contribution in [0.2, 0.25) is 5.02 Å². The van der Waals surface area contributed by atoms with Gasteiger partial charge in [0.15, 0.2) is 16.7 Å². The molecule has 1 aliphatic rings. The molecular weight excluding hydrogens is 486 g/mol. The molecule has 1 fully saturated rings. The van der Waals surface area contributed by atoms with E-state index in [1.807, 2.05) is 30.3 Å². The van der Waals surface area contributed by atoms with Crippen LogP contribution in [-0.2, 0) is 16.1 Å². The van der Waals surface area contributed by atoms with Gasteiger partial charge in [-0.1, -0.05) is 47.6 Å². The van der Waals surface area contributed by atoms with Gasteiger partial charge in [0.25, 0.3) is 0 Å². The fourth-order valence-electron chi connectivity index (χ4n) is 3.53. The van der Waals surface area contributed by atoms with E-state index in [0.29, 0.717) is 33.1 Å². The Morgan fingerprint density at radius 2 is 1.77 bits per heavy atom. The summed E-state index contributed by atoms with van der Waals surface area (Å²) in [6.45, 7) is 0.269. The third-order valence-corrected chi connectivity index (χ3v) is 6.75. The number of thioether (sulfide) groups is 1. The van der Waals surface area contributed by atoms with Crippen LogP contribution in [0.3, 0.4) is 0 Å². The smallest absolute Gasteiger partial charge is 0.238 e. The van der Waals surface area contributed by atoms with Crippen molar-refractivity contribution < 1.29 is 19.1 Å². The Morgan fingerprint density at radius 1 is 1.06 bits per heavy atom. The van der Waals surface area contributed by atoms with Crippen molar-refractivity contribution in [2.45, 2.75) is 18.2 Å². The van der Waals surface area contributed by atoms with Gasteiger partial charge < -0.3 is 14.8 Å². The van der Waals surface area contributed by atoms with Crippen LogP contribution in [0.4, 0.5) is 11.4 Å². The second-order valence-corrected chi connectivity index (χ2v) is 9.31. The normalized spacial score (nSPS) is 16.8. The number of carbonyl (C=O) groups is 2. The molecule has 9 heteroatoms. The molecule has 35 heavy (non-hydrogen) atoms. The number of amidine groups is 1. The van der Waals surface area contributed by atoms with Gasteiger partial charge in [0, 0.05) is 17.1 Å². The Hall–Kier alpha value is -3.49. The second-order valence-electron chi connectivity index (χ2n) is 7.71. The number of hydrogen-bond donors (Lipinski definition) is 1. The highest BCUT2D eigenvalue weighted by atomic mass is 35.5. The minimum atomic E-state index is -0.615. The van der Waals surface area contributed by atoms with Crippen molar-refractivity contribution in [1.82, 2.24) is 4.90 Å². The van der Waals surface area contributed by atoms with Crippen molar-refractivity contribution in [3.8, 4) is 11.5 Å². The number of ether oxygens (including phenoxy) is 2. The quantitative estimate of drug-likeness (QED) is 0.453. The van der Waals surface area contributed by atoms with E-state index in [1.165, 1.54) is 11.8 Å². The fraction of sp³-hybridized carbons (Fsp3) is 0.192. The Morgan fingerprint density at radius 3 is 2.46 bits per heavy atom. The lowest BCUT2D eigenvalue weighted by Gasteiger charge is -2.32. The molecule has 0 spiro atoms. The Labute approximate surface area is 213 Å². The maximum absolute atomic E-state index is 13.3. The SMILES string of the molecule is COc1ccc(CN2C(=O)CC(C(=O)Nc3ccccc3)SC2=Nc2ccc(Cl)cc2)cc1OC. The molecule has 0 saturated carbocycles. The first-order valence-electron chi connectivity index (χ1n) is 10.8. The second kappa shape index (κ2) is 11.3. The molecule has 2 amide bonds. The summed E-state index contributed by atoms with van der Waals surface area (Å²) < 4.78 is 10.7. The number of anilines is 1. The molecular formula is C26H24ClN3O4S. The number of amides is 2. The van der Waals surface area contributed by atoms with Gasteiger partial charge in [0.2, 0.25) is 11.8 Å². The molecule has 7 nitrogen and oxygen atoms in total. The zero-order valence-electron chi connectivity index (χ0n) is 19.2. The average molecular weight is 510 g/mol. The van der Waals surface area contributed by atoms with E-state index < -0.39 is 5.25 Å². The van der Waals surface area contributed by atoms with E-state index in [-0.39, 0.29) is 24.8 Å². The van der Waals surface area contributed by atoms with Gasteiger partial charge in [-0.25, -0.2) is 4.99 Å². The zero-order valence-corrected chi connectivity index (χ0v) is 20.8. The van der Waals surface area contributed by atoms with Gasteiger partial charge in [-0.3, -0.25) is 14.5 Å². The maximum atomic E-state index is 13.3. The fourth-order valence-corrected chi connectivity index (χ4v) is 4.75. The van der Waals surface area contributed by atoms with Crippen molar-refractivity contribution in [1.29, 1.82) is 0 Å². The highest BCUT2D eigenvalue weighted by Gasteiger charge is 2.36. The van der Waals surface area contributed by atoms with Crippen LogP contribution in [0.5, 0.6) is 11.5 Å². The first-order valence-corrected chi connectivity index (χ1v) is 12.1. The van der Waals surface area contributed by atoms with Crippen molar-refractivity contribution in [3.63, 3.8) is 0 Å². The number of rotatable bonds is 7. The van der Waals surface area contributed by atoms with E-state index in [2.05, 4.69) is 5.32 Å². The van der Waals surface area contributed by atoms with Gasteiger partial charge in [0.1, 0.15) is 5.25 Å². The lowest BCUT2D eigenvalue weighted by atomic mass is 10.1. The van der Waals surface area contributed by atoms with Crippen LogP contribution >= 0.6 is 23.4 Å². The first kappa shape index (κ1) is 24.6. The summed E-state index contributed by atoms with van der Waals surface area (Å²) in [5.74, 6) is 0.727. The van der Waals surface area contributed by atoms with Crippen LogP contribution in [0.15, 0.2) is 77.8 Å². The van der Waals surface area contributed by atoms with Crippen LogP contribution in [0, 0.1) is 0 Å². The number of aliphatic imine (C=N–C) groups is 1. The van der Waals surface area contributed by atoms with Crippen LogP contribution < -0.4 is 14.8 Å². The van der Waals surface area contributed by atoms with E-state index in [1.54, 1.807) is 61.6 Å². The molecule has 1 N–H and O–H groups in total. The van der Waals surface area contributed by atoms with Crippen LogP contribution in [-0.4, -0.2) is 41.4 Å². The van der Waals surface area contributed by atoms with Crippen molar-refractivity contribution in [2.24, 2.45) is 4.99 Å². The molecule has 4 rings (SSSR count). The van der Waals surface area contributed by atoms with Crippen molar-refractivity contribution in [2.75, 3.05) is 19.5 Å². The van der Waals surface area contributed by atoms with Gasteiger partial charge in [-0.05, 0) is 54.1 Å². The molecule has 1 aliphatic heterocycles. The number of carbonyl (C=O) groups excluding carboxylic acids is 2. The van der Waals surface area contributed by atoms with Crippen molar-refractivity contribution >= 4 is 51.7 Å². The number of nitrogens with zero attached hydrogens (tertiary/aromatic N) is 2. The summed E-state index contributed by atoms with van der Waals surface area (Å²) >= 11 is 7.28. The Bertz CT molecular complexity index is 1240. The summed E-state index contributed by atoms with van der Waals surface area (Å²) in [5, 5.41) is 3.29. The molecule has 1 heterocycles. The number of nitrogens with one attached hydrogen (secondary N) is 1. The topological polar surface area (TPSA) is 80.2 Å². The standard InChI is InChI=1S/C26H24ClN3O4S/c1-33-21-13-8-17(14-22(21)34-2)16-30-24(31)15-23(25(32)28-19-6-4-3-5-7-19)35-26(30)29-20-11-9-18(27)10-12-20/h3-14,23H,15-16H2,1-2H3,(H,28,32). The lowest BCUT2D eigenvalue weighted by Crippen LogP contribution is -2.44. The number of benzene rings is 3. The molecule has 1 saturated heterocycles. The monoisotopic (exact) mass is 509 g/mol. The molecule has 1 unspecified atom stereocenters. The van der Waals surface area contributed by atoms with Gasteiger partial charge in [-0.2, -0.15) is 0 Å². The number of halogens is 1. The summed E-state index contributed by atoms with van der Waals surface area (Å²) in [5.41, 5.74) is 2.15. The van der Waals surface area contributed by atoms with Crippen LogP contribution in [0.1, 0.15) is 12.0 Å². The van der Waals surface area contributed by atoms with Gasteiger partial charge in [-0.15, -0.1) is 0 Å². The molecule has 3 aromatic rings. The minimum absolute atomic E-state index is 0.0518. The number of methoxy groups -OCH3 is 2. The molecule has 0 radical (unpaired) electrons. The molecule has 0 bridgehead atoms. The third kappa shape index (κ3) is 6.15. The molecule has 180 valence electrons. The Kier molecular flexibility index (Phi) is 7.94. The third-order valence-electron chi connectivity index (χ3n) is 5.31. The van der Waals surface area contributed by atoms with E-state index in [9.17, 15) is 9.59 Å². The summed E-state index contributed by atoms with van der Waals surface area (Å²) in [6.07, 6.45) is 0.0518. The summed E-state index contributed by atoms with van der Waals surface area (Å²) in [7, 11) is 3.13. The molecule has 3 aromatic carbocycles. The largest absolute Gasteiger partial charge is 0.493 e. The van der Waals surface area contributed by atoms with E-state index in [0.717, 1.165) is 5.56 Å². The molecule has 0 aromatic heterocycles. The number of hydrogen-bond acceptors (Lipinski definition) is 6. The minimum Gasteiger partial charge on any atom is -0.493 e. The number of para-hydroxylation sites is 1. The summed E-state index contributed by atoms with van der Waals surface area (Å²) in [6, 6.07) is 21.6. The highest BCUT2D eigenvalue weighted by molar-refractivity contribution is 8.15. The predicted octanol–water partition coefficient (Wildman–Crippen LogP) is 5.52. The van der Waals surface area contributed by atoms with Crippen LogP contribution in [0.25, 0.3) is 0 Å². The zero-order chi connectivity index (χ0) is 24.8. The van der Waals surface area contributed by atoms with Gasteiger partial charge in [0.05, 0.1) is 26.5 Å². The predicted molar refractivity (Wildman–Crippen MR) is 140 cm³/mol. The maximum Gasteiger partial charge on any atom is 0.238 e. The molecule has 0 aliphatic carbocycles. The van der Waals surface area contributed by atoms with E-state index in [4.69, 9.17) is 26.1 Å².